The number of terminal acetylenes is 1. The Balaban J connectivity index is 3.58. The number of esters is 1. The molecule has 0 aliphatic rings. The van der Waals surface area contributed by atoms with E-state index in [-0.39, 0.29) is 5.97 Å². The Morgan fingerprint density at radius 1 is 1.50 bits per heavy atom. The second-order valence-corrected chi connectivity index (χ2v) is 3.07. The SMILES string of the molecule is C#CCCCN(CC)CCC(=O)OC. The smallest absolute Gasteiger partial charge is 0.306 e. The molecular formula is C11H19NO2. The molecule has 0 aromatic heterocycles. The van der Waals surface area contributed by atoms with E-state index in [0.717, 1.165) is 32.5 Å². The summed E-state index contributed by atoms with van der Waals surface area (Å²) in [5, 5.41) is 0. The molecular weight excluding hydrogens is 178 g/mol. The Labute approximate surface area is 86.4 Å². The number of hydrogen-bond acceptors (Lipinski definition) is 3. The van der Waals surface area contributed by atoms with Crippen LogP contribution in [0.25, 0.3) is 0 Å². The molecule has 0 aliphatic heterocycles. The topological polar surface area (TPSA) is 29.5 Å². The fraction of sp³-hybridized carbons (Fsp3) is 0.727. The fourth-order valence-corrected chi connectivity index (χ4v) is 1.18. The standard InChI is InChI=1S/C11H19NO2/c1-4-6-7-9-12(5-2)10-8-11(13)14-3/h1H,5-10H2,2-3H3. The van der Waals surface area contributed by atoms with E-state index >= 15 is 0 Å². The summed E-state index contributed by atoms with van der Waals surface area (Å²) in [4.78, 5) is 13.1. The van der Waals surface area contributed by atoms with Crippen LogP contribution >= 0.6 is 0 Å². The van der Waals surface area contributed by atoms with Crippen molar-refractivity contribution < 1.29 is 9.53 Å². The highest BCUT2D eigenvalue weighted by Gasteiger charge is 2.05. The fourth-order valence-electron chi connectivity index (χ4n) is 1.18. The van der Waals surface area contributed by atoms with E-state index in [1.165, 1.54) is 7.11 Å². The zero-order valence-electron chi connectivity index (χ0n) is 9.08. The average molecular weight is 197 g/mol. The summed E-state index contributed by atoms with van der Waals surface area (Å²) in [6.45, 7) is 4.74. The molecule has 0 spiro atoms. The van der Waals surface area contributed by atoms with E-state index in [4.69, 9.17) is 6.42 Å². The zero-order valence-corrected chi connectivity index (χ0v) is 9.08. The maximum atomic E-state index is 10.9. The molecule has 0 bridgehead atoms. The summed E-state index contributed by atoms with van der Waals surface area (Å²) in [7, 11) is 1.41. The minimum atomic E-state index is -0.152. The normalized spacial score (nSPS) is 9.86. The van der Waals surface area contributed by atoms with Gasteiger partial charge in [-0.2, -0.15) is 0 Å². The summed E-state index contributed by atoms with van der Waals surface area (Å²) in [5.41, 5.74) is 0. The van der Waals surface area contributed by atoms with Gasteiger partial charge in [0.05, 0.1) is 13.5 Å². The molecule has 0 rings (SSSR count). The second-order valence-electron chi connectivity index (χ2n) is 3.07. The zero-order chi connectivity index (χ0) is 10.8. The van der Waals surface area contributed by atoms with Crippen molar-refractivity contribution in [1.29, 1.82) is 0 Å². The molecule has 3 nitrogen and oxygen atoms in total. The third-order valence-corrected chi connectivity index (χ3v) is 2.10. The molecule has 0 radical (unpaired) electrons. The highest BCUT2D eigenvalue weighted by Crippen LogP contribution is 1.97. The van der Waals surface area contributed by atoms with Gasteiger partial charge in [-0.1, -0.05) is 6.92 Å². The van der Waals surface area contributed by atoms with Crippen LogP contribution in [0.4, 0.5) is 0 Å². The Morgan fingerprint density at radius 3 is 2.71 bits per heavy atom. The van der Waals surface area contributed by atoms with E-state index in [2.05, 4.69) is 22.5 Å². The van der Waals surface area contributed by atoms with Crippen LogP contribution in [0.15, 0.2) is 0 Å². The Hall–Kier alpha value is -1.01. The van der Waals surface area contributed by atoms with E-state index < -0.39 is 0 Å². The number of unbranched alkanes of at least 4 members (excludes halogenated alkanes) is 1. The van der Waals surface area contributed by atoms with Crippen molar-refractivity contribution in [2.45, 2.75) is 26.2 Å². The molecule has 0 N–H and O–H groups in total. The molecule has 0 heterocycles. The van der Waals surface area contributed by atoms with Gasteiger partial charge in [0, 0.05) is 13.0 Å². The number of methoxy groups -OCH3 is 1. The van der Waals surface area contributed by atoms with Crippen LogP contribution in [0, 0.1) is 12.3 Å². The molecule has 0 atom stereocenters. The lowest BCUT2D eigenvalue weighted by Gasteiger charge is -2.18. The van der Waals surface area contributed by atoms with Crippen molar-refractivity contribution in [3.8, 4) is 12.3 Å². The van der Waals surface area contributed by atoms with Gasteiger partial charge < -0.3 is 9.64 Å². The first kappa shape index (κ1) is 13.0. The molecule has 14 heavy (non-hydrogen) atoms. The number of nitrogens with zero attached hydrogens (tertiary/aromatic N) is 1. The first-order valence-electron chi connectivity index (χ1n) is 4.97. The summed E-state index contributed by atoms with van der Waals surface area (Å²) < 4.78 is 4.57. The van der Waals surface area contributed by atoms with Crippen LogP contribution < -0.4 is 0 Å². The molecule has 0 aromatic carbocycles. The Bertz CT molecular complexity index is 196. The largest absolute Gasteiger partial charge is 0.469 e. The van der Waals surface area contributed by atoms with Crippen LogP contribution in [0.2, 0.25) is 0 Å². The second kappa shape index (κ2) is 8.58. The first-order chi connectivity index (χ1) is 6.74. The maximum Gasteiger partial charge on any atom is 0.306 e. The van der Waals surface area contributed by atoms with Gasteiger partial charge in [-0.05, 0) is 19.5 Å². The highest BCUT2D eigenvalue weighted by atomic mass is 16.5. The summed E-state index contributed by atoms with van der Waals surface area (Å²) in [6, 6.07) is 0. The van der Waals surface area contributed by atoms with Crippen LogP contribution in [0.3, 0.4) is 0 Å². The van der Waals surface area contributed by atoms with Gasteiger partial charge in [0.25, 0.3) is 0 Å². The van der Waals surface area contributed by atoms with E-state index in [1.54, 1.807) is 0 Å². The highest BCUT2D eigenvalue weighted by molar-refractivity contribution is 5.69. The molecule has 80 valence electrons. The predicted molar refractivity (Wildman–Crippen MR) is 56.8 cm³/mol. The lowest BCUT2D eigenvalue weighted by molar-refractivity contribution is -0.140. The van der Waals surface area contributed by atoms with Crippen molar-refractivity contribution in [2.24, 2.45) is 0 Å². The van der Waals surface area contributed by atoms with Crippen molar-refractivity contribution in [1.82, 2.24) is 4.90 Å². The molecule has 0 fully saturated rings. The minimum Gasteiger partial charge on any atom is -0.469 e. The van der Waals surface area contributed by atoms with Crippen molar-refractivity contribution in [2.75, 3.05) is 26.7 Å². The number of carbonyl (C=O) groups is 1. The van der Waals surface area contributed by atoms with Gasteiger partial charge in [0.15, 0.2) is 0 Å². The lowest BCUT2D eigenvalue weighted by Crippen LogP contribution is -2.27. The molecule has 3 heteroatoms. The van der Waals surface area contributed by atoms with Gasteiger partial charge in [-0.3, -0.25) is 4.79 Å². The van der Waals surface area contributed by atoms with Gasteiger partial charge in [0.1, 0.15) is 0 Å². The van der Waals surface area contributed by atoms with Crippen molar-refractivity contribution in [3.05, 3.63) is 0 Å². The molecule has 0 amide bonds. The van der Waals surface area contributed by atoms with Crippen molar-refractivity contribution in [3.63, 3.8) is 0 Å². The molecule has 0 aromatic rings. The third-order valence-electron chi connectivity index (χ3n) is 2.10. The Morgan fingerprint density at radius 2 is 2.21 bits per heavy atom. The Kier molecular flexibility index (Phi) is 7.96. The van der Waals surface area contributed by atoms with Crippen molar-refractivity contribution >= 4 is 5.97 Å². The van der Waals surface area contributed by atoms with Gasteiger partial charge >= 0.3 is 5.97 Å². The maximum absolute atomic E-state index is 10.9. The van der Waals surface area contributed by atoms with E-state index in [0.29, 0.717) is 6.42 Å². The minimum absolute atomic E-state index is 0.152. The van der Waals surface area contributed by atoms with Crippen LogP contribution in [-0.4, -0.2) is 37.6 Å². The number of rotatable bonds is 7. The molecule has 0 unspecified atom stereocenters. The van der Waals surface area contributed by atoms with E-state index in [9.17, 15) is 4.79 Å². The van der Waals surface area contributed by atoms with Crippen LogP contribution in [0.1, 0.15) is 26.2 Å². The molecule has 0 aliphatic carbocycles. The number of ether oxygens (including phenoxy) is 1. The van der Waals surface area contributed by atoms with E-state index in [1.807, 2.05) is 0 Å². The third kappa shape index (κ3) is 6.50. The summed E-state index contributed by atoms with van der Waals surface area (Å²) in [5.74, 6) is 2.45. The summed E-state index contributed by atoms with van der Waals surface area (Å²) in [6.07, 6.45) is 7.41. The lowest BCUT2D eigenvalue weighted by atomic mass is 10.3. The first-order valence-corrected chi connectivity index (χ1v) is 4.97. The monoisotopic (exact) mass is 197 g/mol. The quantitative estimate of drug-likeness (QED) is 0.350. The molecule has 0 saturated heterocycles. The predicted octanol–water partition coefficient (Wildman–Crippen LogP) is 1.28. The average Bonchev–Trinajstić information content (AvgIpc) is 2.22. The van der Waals surface area contributed by atoms with Crippen LogP contribution in [0.5, 0.6) is 0 Å². The summed E-state index contributed by atoms with van der Waals surface area (Å²) >= 11 is 0. The molecule has 0 saturated carbocycles. The number of hydrogen-bond donors (Lipinski definition) is 0. The van der Waals surface area contributed by atoms with Gasteiger partial charge in [-0.15, -0.1) is 12.3 Å². The van der Waals surface area contributed by atoms with Crippen LogP contribution in [-0.2, 0) is 9.53 Å². The van der Waals surface area contributed by atoms with Gasteiger partial charge in [0.2, 0.25) is 0 Å². The van der Waals surface area contributed by atoms with Gasteiger partial charge in [-0.25, -0.2) is 0 Å². The number of carbonyl (C=O) groups excluding carboxylic acids is 1.